The summed E-state index contributed by atoms with van der Waals surface area (Å²) in [5.74, 6) is 1.24. The zero-order chi connectivity index (χ0) is 25.7. The lowest BCUT2D eigenvalue weighted by Gasteiger charge is -2.22. The van der Waals surface area contributed by atoms with E-state index in [1.54, 1.807) is 31.3 Å². The van der Waals surface area contributed by atoms with Crippen LogP contribution < -0.4 is 15.0 Å². The molecular formula is C27H30BrN3O5. The predicted octanol–water partition coefficient (Wildman–Crippen LogP) is 5.43. The third-order valence-electron chi connectivity index (χ3n) is 6.26. The van der Waals surface area contributed by atoms with Crippen LogP contribution >= 0.6 is 15.9 Å². The number of aromatic nitrogens is 2. The lowest BCUT2D eigenvalue weighted by atomic mass is 9.88. The minimum atomic E-state index is -0.805. The van der Waals surface area contributed by atoms with Crippen LogP contribution in [-0.4, -0.2) is 41.7 Å². The summed E-state index contributed by atoms with van der Waals surface area (Å²) in [7, 11) is 1.31. The fourth-order valence-corrected chi connectivity index (χ4v) is 4.84. The number of hydrogen-bond donors (Lipinski definition) is 0. The van der Waals surface area contributed by atoms with Gasteiger partial charge >= 0.3 is 5.97 Å². The Labute approximate surface area is 218 Å². The highest BCUT2D eigenvalue weighted by Crippen LogP contribution is 2.35. The highest BCUT2D eigenvalue weighted by molar-refractivity contribution is 9.10. The molecule has 3 aromatic rings. The molecule has 1 saturated carbocycles. The van der Waals surface area contributed by atoms with E-state index in [9.17, 15) is 9.59 Å². The Hall–Kier alpha value is -3.20. The van der Waals surface area contributed by atoms with E-state index in [1.807, 2.05) is 25.1 Å². The van der Waals surface area contributed by atoms with Crippen LogP contribution in [0, 0.1) is 0 Å². The number of halogens is 1. The Balaban J connectivity index is 1.75. The second-order valence-corrected chi connectivity index (χ2v) is 9.57. The van der Waals surface area contributed by atoms with Crippen LogP contribution in [-0.2, 0) is 9.53 Å². The van der Waals surface area contributed by atoms with E-state index in [0.29, 0.717) is 44.9 Å². The number of rotatable bonds is 8. The topological polar surface area (TPSA) is 92.0 Å². The number of nitrogens with zero attached hydrogens (tertiary/aromatic N) is 3. The molecule has 1 aliphatic rings. The molecule has 0 aliphatic heterocycles. The van der Waals surface area contributed by atoms with Crippen molar-refractivity contribution in [1.29, 1.82) is 0 Å². The Kier molecular flexibility index (Phi) is 8.40. The maximum atomic E-state index is 13.4. The minimum Gasteiger partial charge on any atom is -0.490 e. The number of fused-ring (bicyclic) bond motifs is 1. The Morgan fingerprint density at radius 1 is 1.22 bits per heavy atom. The quantitative estimate of drug-likeness (QED) is 0.272. The average Bonchev–Trinajstić information content (AvgIpc) is 2.90. The molecule has 1 atom stereocenters. The van der Waals surface area contributed by atoms with Gasteiger partial charge in [-0.3, -0.25) is 4.79 Å². The van der Waals surface area contributed by atoms with Crippen LogP contribution in [0.4, 0.5) is 0 Å². The van der Waals surface area contributed by atoms with Crippen molar-refractivity contribution in [2.75, 3.05) is 13.7 Å². The first-order valence-corrected chi connectivity index (χ1v) is 13.0. The van der Waals surface area contributed by atoms with Crippen LogP contribution in [0.25, 0.3) is 10.9 Å². The molecule has 36 heavy (non-hydrogen) atoms. The van der Waals surface area contributed by atoms with Gasteiger partial charge in [0.2, 0.25) is 0 Å². The molecule has 4 rings (SSSR count). The number of ether oxygens (including phenoxy) is 3. The Morgan fingerprint density at radius 3 is 2.69 bits per heavy atom. The normalized spacial score (nSPS) is 15.2. The summed E-state index contributed by atoms with van der Waals surface area (Å²) in [6, 6.07) is 10.9. The van der Waals surface area contributed by atoms with E-state index in [0.717, 1.165) is 25.7 Å². The molecule has 0 unspecified atom stereocenters. The van der Waals surface area contributed by atoms with E-state index in [-0.39, 0.29) is 11.5 Å². The van der Waals surface area contributed by atoms with Gasteiger partial charge in [0.25, 0.3) is 5.56 Å². The third kappa shape index (κ3) is 5.61. The molecule has 8 nitrogen and oxygen atoms in total. The smallest absolute Gasteiger partial charge is 0.346 e. The molecule has 0 saturated heterocycles. The minimum absolute atomic E-state index is 0.186. The second kappa shape index (κ2) is 11.7. The van der Waals surface area contributed by atoms with Crippen LogP contribution in [0.1, 0.15) is 63.3 Å². The van der Waals surface area contributed by atoms with E-state index in [1.165, 1.54) is 18.2 Å². The van der Waals surface area contributed by atoms with Crippen molar-refractivity contribution >= 4 is 39.0 Å². The largest absolute Gasteiger partial charge is 0.490 e. The van der Waals surface area contributed by atoms with Gasteiger partial charge in [-0.2, -0.15) is 9.78 Å². The van der Waals surface area contributed by atoms with Crippen molar-refractivity contribution in [2.24, 2.45) is 5.10 Å². The highest BCUT2D eigenvalue weighted by atomic mass is 79.9. The zero-order valence-electron chi connectivity index (χ0n) is 20.7. The van der Waals surface area contributed by atoms with Gasteiger partial charge in [0, 0.05) is 16.0 Å². The summed E-state index contributed by atoms with van der Waals surface area (Å²) < 4.78 is 18.4. The van der Waals surface area contributed by atoms with Crippen molar-refractivity contribution in [2.45, 2.75) is 58.0 Å². The van der Waals surface area contributed by atoms with Gasteiger partial charge < -0.3 is 14.2 Å². The Bertz CT molecular complexity index is 1330. The van der Waals surface area contributed by atoms with E-state index >= 15 is 0 Å². The molecule has 2 aromatic carbocycles. The third-order valence-corrected chi connectivity index (χ3v) is 6.95. The number of para-hydroxylation sites is 1. The first-order chi connectivity index (χ1) is 17.4. The molecule has 0 spiro atoms. The first kappa shape index (κ1) is 25.9. The van der Waals surface area contributed by atoms with E-state index in [4.69, 9.17) is 19.2 Å². The first-order valence-electron chi connectivity index (χ1n) is 12.2. The monoisotopic (exact) mass is 555 g/mol. The number of esters is 1. The number of hydrogen-bond acceptors (Lipinski definition) is 7. The number of carbonyl (C=O) groups is 1. The summed E-state index contributed by atoms with van der Waals surface area (Å²) in [5, 5.41) is 5.14. The van der Waals surface area contributed by atoms with Crippen LogP contribution in [0.5, 0.6) is 11.5 Å². The molecule has 0 radical (unpaired) electrons. The number of carbonyl (C=O) groups excluding carboxylic acids is 1. The predicted molar refractivity (Wildman–Crippen MR) is 142 cm³/mol. The summed E-state index contributed by atoms with van der Waals surface area (Å²) in [6.07, 6.45) is 6.22. The molecule has 190 valence electrons. The van der Waals surface area contributed by atoms with Crippen LogP contribution in [0.3, 0.4) is 0 Å². The maximum Gasteiger partial charge on any atom is 0.346 e. The summed E-state index contributed by atoms with van der Waals surface area (Å²) in [4.78, 5) is 30.1. The molecule has 1 aromatic heterocycles. The van der Waals surface area contributed by atoms with Crippen molar-refractivity contribution in [1.82, 2.24) is 9.66 Å². The van der Waals surface area contributed by atoms with Crippen LogP contribution in [0.2, 0.25) is 0 Å². The number of benzene rings is 2. The average molecular weight is 556 g/mol. The second-order valence-electron chi connectivity index (χ2n) is 8.72. The molecule has 1 fully saturated rings. The van der Waals surface area contributed by atoms with Gasteiger partial charge in [0.15, 0.2) is 17.6 Å². The summed E-state index contributed by atoms with van der Waals surface area (Å²) in [6.45, 7) is 3.87. The maximum absolute atomic E-state index is 13.4. The van der Waals surface area contributed by atoms with Crippen molar-refractivity contribution in [3.8, 4) is 11.5 Å². The van der Waals surface area contributed by atoms with E-state index < -0.39 is 12.1 Å². The number of methoxy groups -OCH3 is 1. The van der Waals surface area contributed by atoms with Crippen molar-refractivity contribution in [3.63, 3.8) is 0 Å². The Morgan fingerprint density at radius 2 is 1.97 bits per heavy atom. The van der Waals surface area contributed by atoms with Gasteiger partial charge in [-0.05, 0) is 66.9 Å². The molecule has 1 heterocycles. The van der Waals surface area contributed by atoms with Gasteiger partial charge in [-0.15, -0.1) is 0 Å². The standard InChI is InChI=1S/C27H30BrN3O5/c1-4-35-23-14-19(21(28)15-24(23)36-17(2)27(33)34-3)16-29-31-25(18-10-6-5-7-11-18)30-22-13-9-8-12-20(22)26(31)32/h8-9,12-18H,4-7,10-11H2,1-3H3/t17-/m0/s1. The van der Waals surface area contributed by atoms with Gasteiger partial charge in [0.1, 0.15) is 5.82 Å². The fraction of sp³-hybridized carbons (Fsp3) is 0.407. The van der Waals surface area contributed by atoms with Gasteiger partial charge in [-0.1, -0.05) is 31.4 Å². The molecule has 9 heteroatoms. The summed E-state index contributed by atoms with van der Waals surface area (Å²) >= 11 is 3.56. The van der Waals surface area contributed by atoms with Gasteiger partial charge in [0.05, 0.1) is 30.8 Å². The zero-order valence-corrected chi connectivity index (χ0v) is 22.3. The fourth-order valence-electron chi connectivity index (χ4n) is 4.41. The molecule has 0 bridgehead atoms. The van der Waals surface area contributed by atoms with Gasteiger partial charge in [-0.25, -0.2) is 9.78 Å². The van der Waals surface area contributed by atoms with E-state index in [2.05, 4.69) is 21.0 Å². The lowest BCUT2D eigenvalue weighted by Crippen LogP contribution is -2.25. The highest BCUT2D eigenvalue weighted by Gasteiger charge is 2.23. The van der Waals surface area contributed by atoms with Crippen LogP contribution in [0.15, 0.2) is 50.8 Å². The molecule has 1 aliphatic carbocycles. The SMILES string of the molecule is CCOc1cc(C=Nn2c(C3CCCCC3)nc3ccccc3c2=O)c(Br)cc1O[C@@H](C)C(=O)OC. The lowest BCUT2D eigenvalue weighted by molar-refractivity contribution is -0.147. The van der Waals surface area contributed by atoms with Crippen molar-refractivity contribution in [3.05, 3.63) is 62.6 Å². The molecule has 0 amide bonds. The summed E-state index contributed by atoms with van der Waals surface area (Å²) in [5.41, 5.74) is 1.19. The van der Waals surface area contributed by atoms with Crippen molar-refractivity contribution < 1.29 is 19.0 Å². The molecular weight excluding hydrogens is 526 g/mol. The molecule has 0 N–H and O–H groups in total.